The van der Waals surface area contributed by atoms with E-state index in [0.717, 1.165) is 37.4 Å². The van der Waals surface area contributed by atoms with Gasteiger partial charge < -0.3 is 10.6 Å². The smallest absolute Gasteiger partial charge is 0.191 e. The first kappa shape index (κ1) is 18.0. The number of hydrogen-bond donors (Lipinski definition) is 1. The van der Waals surface area contributed by atoms with Gasteiger partial charge in [-0.1, -0.05) is 26.2 Å². The number of nitrogens with two attached hydrogens (primary N) is 1. The van der Waals surface area contributed by atoms with Crippen molar-refractivity contribution in [1.82, 2.24) is 4.90 Å². The summed E-state index contributed by atoms with van der Waals surface area (Å²) >= 11 is 0. The maximum atomic E-state index is 5.96. The molecule has 0 bridgehead atoms. The van der Waals surface area contributed by atoms with Crippen LogP contribution in [0, 0.1) is 11.8 Å². The summed E-state index contributed by atoms with van der Waals surface area (Å²) in [4.78, 5) is 6.62. The van der Waals surface area contributed by atoms with Crippen LogP contribution in [-0.2, 0) is 0 Å². The van der Waals surface area contributed by atoms with E-state index in [1.807, 2.05) is 0 Å². The van der Waals surface area contributed by atoms with Gasteiger partial charge in [0.05, 0.1) is 0 Å². The van der Waals surface area contributed by atoms with Crippen molar-refractivity contribution in [2.24, 2.45) is 22.6 Å². The first-order valence-corrected chi connectivity index (χ1v) is 7.22. The van der Waals surface area contributed by atoms with Crippen molar-refractivity contribution in [1.29, 1.82) is 0 Å². The van der Waals surface area contributed by atoms with Crippen molar-refractivity contribution in [3.63, 3.8) is 0 Å². The molecule has 0 aromatic heterocycles. The van der Waals surface area contributed by atoms with Gasteiger partial charge in [-0.25, -0.2) is 0 Å². The molecule has 0 aromatic rings. The lowest BCUT2D eigenvalue weighted by Crippen LogP contribution is -2.37. The molecule has 1 aliphatic rings. The van der Waals surface area contributed by atoms with Gasteiger partial charge in [-0.05, 0) is 38.5 Å². The van der Waals surface area contributed by atoms with Crippen LogP contribution in [0.1, 0.15) is 52.9 Å². The number of guanidine groups is 1. The molecule has 0 radical (unpaired) electrons. The maximum absolute atomic E-state index is 5.96. The Bertz CT molecular complexity index is 239. The van der Waals surface area contributed by atoms with Gasteiger partial charge in [-0.3, -0.25) is 4.99 Å². The largest absolute Gasteiger partial charge is 0.370 e. The second-order valence-corrected chi connectivity index (χ2v) is 5.34. The van der Waals surface area contributed by atoms with E-state index < -0.39 is 0 Å². The minimum Gasteiger partial charge on any atom is -0.370 e. The highest BCUT2D eigenvalue weighted by molar-refractivity contribution is 14.0. The van der Waals surface area contributed by atoms with Gasteiger partial charge >= 0.3 is 0 Å². The Labute approximate surface area is 130 Å². The third-order valence-electron chi connectivity index (χ3n) is 3.94. The average Bonchev–Trinajstić information content (AvgIpc) is 2.30. The normalized spacial score (nSPS) is 24.5. The van der Waals surface area contributed by atoms with Crippen LogP contribution in [-0.4, -0.2) is 30.5 Å². The third-order valence-corrected chi connectivity index (χ3v) is 3.94. The molecule has 2 unspecified atom stereocenters. The van der Waals surface area contributed by atoms with E-state index >= 15 is 0 Å². The van der Waals surface area contributed by atoms with Gasteiger partial charge in [-0.15, -0.1) is 24.0 Å². The number of hydrogen-bond acceptors (Lipinski definition) is 1. The molecule has 0 heterocycles. The van der Waals surface area contributed by atoms with Crippen molar-refractivity contribution < 1.29 is 0 Å². The Morgan fingerprint density at radius 3 is 2.50 bits per heavy atom. The van der Waals surface area contributed by atoms with E-state index in [1.54, 1.807) is 0 Å². The number of aliphatic imine (C=N–C) groups is 1. The van der Waals surface area contributed by atoms with Crippen molar-refractivity contribution in [2.45, 2.75) is 52.9 Å². The van der Waals surface area contributed by atoms with Crippen LogP contribution in [0.4, 0.5) is 0 Å². The van der Waals surface area contributed by atoms with E-state index in [4.69, 9.17) is 5.73 Å². The summed E-state index contributed by atoms with van der Waals surface area (Å²) in [5, 5.41) is 0. The number of halogens is 1. The summed E-state index contributed by atoms with van der Waals surface area (Å²) in [6, 6.07) is 0. The molecule has 0 aliphatic heterocycles. The van der Waals surface area contributed by atoms with Gasteiger partial charge in [0.25, 0.3) is 0 Å². The zero-order valence-corrected chi connectivity index (χ0v) is 14.5. The van der Waals surface area contributed by atoms with Gasteiger partial charge in [0.1, 0.15) is 0 Å². The van der Waals surface area contributed by atoms with Crippen LogP contribution in [0.5, 0.6) is 0 Å². The fourth-order valence-corrected chi connectivity index (χ4v) is 2.83. The molecule has 108 valence electrons. The molecular weight excluding hydrogens is 337 g/mol. The lowest BCUT2D eigenvalue weighted by Gasteiger charge is -2.26. The molecule has 18 heavy (non-hydrogen) atoms. The average molecular weight is 367 g/mol. The standard InChI is InChI=1S/C14H29N3.HI/c1-4-17(5-2)14(15)16-10-9-13-8-6-7-12(3)11-13;/h12-13H,4-11H2,1-3H3,(H2,15,16);1H. The molecule has 1 saturated carbocycles. The highest BCUT2D eigenvalue weighted by atomic mass is 127. The third kappa shape index (κ3) is 6.25. The molecule has 0 amide bonds. The molecule has 0 saturated heterocycles. The SMILES string of the molecule is CCN(CC)C(N)=NCCC1CCCC(C)C1.I. The molecule has 0 aromatic carbocycles. The first-order valence-electron chi connectivity index (χ1n) is 7.22. The van der Waals surface area contributed by atoms with Crippen molar-refractivity contribution in [2.75, 3.05) is 19.6 Å². The summed E-state index contributed by atoms with van der Waals surface area (Å²) in [7, 11) is 0. The van der Waals surface area contributed by atoms with Gasteiger partial charge in [-0.2, -0.15) is 0 Å². The van der Waals surface area contributed by atoms with Crippen molar-refractivity contribution in [3.05, 3.63) is 0 Å². The molecular formula is C14H30IN3. The van der Waals surface area contributed by atoms with Crippen molar-refractivity contribution >= 4 is 29.9 Å². The van der Waals surface area contributed by atoms with Crippen LogP contribution in [0.25, 0.3) is 0 Å². The molecule has 1 aliphatic carbocycles. The highest BCUT2D eigenvalue weighted by Gasteiger charge is 2.18. The summed E-state index contributed by atoms with van der Waals surface area (Å²) in [6.45, 7) is 9.42. The fourth-order valence-electron chi connectivity index (χ4n) is 2.83. The summed E-state index contributed by atoms with van der Waals surface area (Å²) in [5.74, 6) is 2.52. The van der Waals surface area contributed by atoms with E-state index in [9.17, 15) is 0 Å². The molecule has 4 heteroatoms. The second kappa shape index (κ2) is 9.87. The van der Waals surface area contributed by atoms with E-state index in [0.29, 0.717) is 0 Å². The molecule has 1 fully saturated rings. The lowest BCUT2D eigenvalue weighted by atomic mass is 9.81. The Balaban J connectivity index is 0.00000289. The van der Waals surface area contributed by atoms with Crippen molar-refractivity contribution in [3.8, 4) is 0 Å². The predicted octanol–water partition coefficient (Wildman–Crippen LogP) is 3.48. The zero-order valence-electron chi connectivity index (χ0n) is 12.2. The Morgan fingerprint density at radius 1 is 1.28 bits per heavy atom. The highest BCUT2D eigenvalue weighted by Crippen LogP contribution is 2.30. The Hall–Kier alpha value is 0. The van der Waals surface area contributed by atoms with E-state index in [1.165, 1.54) is 32.1 Å². The summed E-state index contributed by atoms with van der Waals surface area (Å²) in [6.07, 6.45) is 6.82. The number of nitrogens with zero attached hydrogens (tertiary/aromatic N) is 2. The molecule has 2 N–H and O–H groups in total. The Morgan fingerprint density at radius 2 is 1.94 bits per heavy atom. The molecule has 3 nitrogen and oxygen atoms in total. The fraction of sp³-hybridized carbons (Fsp3) is 0.929. The van der Waals surface area contributed by atoms with Gasteiger partial charge in [0.2, 0.25) is 0 Å². The predicted molar refractivity (Wildman–Crippen MR) is 90.6 cm³/mol. The van der Waals surface area contributed by atoms with Gasteiger partial charge in [0, 0.05) is 19.6 Å². The monoisotopic (exact) mass is 367 g/mol. The summed E-state index contributed by atoms with van der Waals surface area (Å²) in [5.41, 5.74) is 5.96. The molecule has 0 spiro atoms. The maximum Gasteiger partial charge on any atom is 0.191 e. The Kier molecular flexibility index (Phi) is 9.87. The van der Waals surface area contributed by atoms with Crippen LogP contribution < -0.4 is 5.73 Å². The summed E-state index contributed by atoms with van der Waals surface area (Å²) < 4.78 is 0. The van der Waals surface area contributed by atoms with Crippen LogP contribution in [0.2, 0.25) is 0 Å². The first-order chi connectivity index (χ1) is 8.17. The van der Waals surface area contributed by atoms with Crippen LogP contribution in [0.3, 0.4) is 0 Å². The van der Waals surface area contributed by atoms with Gasteiger partial charge in [0.15, 0.2) is 5.96 Å². The van der Waals surface area contributed by atoms with E-state index in [-0.39, 0.29) is 24.0 Å². The van der Waals surface area contributed by atoms with E-state index in [2.05, 4.69) is 30.7 Å². The quantitative estimate of drug-likeness (QED) is 0.459. The molecule has 2 atom stereocenters. The topological polar surface area (TPSA) is 41.6 Å². The molecule has 1 rings (SSSR count). The lowest BCUT2D eigenvalue weighted by molar-refractivity contribution is 0.272. The minimum atomic E-state index is 0. The minimum absolute atomic E-state index is 0. The zero-order chi connectivity index (χ0) is 12.7. The van der Waals surface area contributed by atoms with Crippen LogP contribution in [0.15, 0.2) is 4.99 Å². The van der Waals surface area contributed by atoms with Crippen LogP contribution >= 0.6 is 24.0 Å². The number of rotatable bonds is 5. The second-order valence-electron chi connectivity index (χ2n) is 5.34.